The Balaban J connectivity index is 1.53. The summed E-state index contributed by atoms with van der Waals surface area (Å²) < 4.78 is 30.7. The van der Waals surface area contributed by atoms with Crippen LogP contribution in [0.5, 0.6) is 0 Å². The van der Waals surface area contributed by atoms with Gasteiger partial charge in [-0.05, 0) is 45.8 Å². The predicted molar refractivity (Wildman–Crippen MR) is 110 cm³/mol. The Morgan fingerprint density at radius 2 is 1.96 bits per heavy atom. The zero-order valence-corrected chi connectivity index (χ0v) is 17.2. The van der Waals surface area contributed by atoms with Crippen LogP contribution in [0.1, 0.15) is 15.9 Å². The number of benzene rings is 2. The lowest BCUT2D eigenvalue weighted by Crippen LogP contribution is -2.42. The van der Waals surface area contributed by atoms with Gasteiger partial charge in [0.1, 0.15) is 17.2 Å². The first kappa shape index (κ1) is 19.4. The van der Waals surface area contributed by atoms with Crippen molar-refractivity contribution in [2.45, 2.75) is 6.54 Å². The molecule has 1 fully saturated rings. The first-order valence-electron chi connectivity index (χ1n) is 8.78. The molecule has 1 aliphatic heterocycles. The third-order valence-corrected chi connectivity index (χ3v) is 6.11. The van der Waals surface area contributed by atoms with E-state index in [-0.39, 0.29) is 5.13 Å². The summed E-state index contributed by atoms with van der Waals surface area (Å²) in [6.07, 6.45) is 0. The molecule has 0 saturated carbocycles. The number of aromatic nitrogens is 1. The van der Waals surface area contributed by atoms with Crippen molar-refractivity contribution < 1.29 is 13.6 Å². The van der Waals surface area contributed by atoms with Crippen molar-refractivity contribution in [3.8, 4) is 0 Å². The van der Waals surface area contributed by atoms with Gasteiger partial charge in [-0.15, -0.1) is 0 Å². The summed E-state index contributed by atoms with van der Waals surface area (Å²) in [6.45, 7) is 3.79. The highest BCUT2D eigenvalue weighted by molar-refractivity contribution is 9.10. The Labute approximate surface area is 172 Å². The number of piperazine rings is 1. The fourth-order valence-electron chi connectivity index (χ4n) is 3.19. The first-order chi connectivity index (χ1) is 13.5. The van der Waals surface area contributed by atoms with Crippen LogP contribution in [0.2, 0.25) is 0 Å². The first-order valence-corrected chi connectivity index (χ1v) is 10.4. The second-order valence-corrected chi connectivity index (χ2v) is 8.41. The third kappa shape index (κ3) is 4.07. The summed E-state index contributed by atoms with van der Waals surface area (Å²) in [5.74, 6) is -2.59. The van der Waals surface area contributed by atoms with Gasteiger partial charge in [0.2, 0.25) is 0 Å². The highest BCUT2D eigenvalue weighted by Crippen LogP contribution is 2.31. The van der Waals surface area contributed by atoms with Crippen LogP contribution < -0.4 is 10.6 Å². The number of hydrogen-bond donors (Lipinski definition) is 2. The van der Waals surface area contributed by atoms with Crippen LogP contribution in [0.25, 0.3) is 10.2 Å². The number of carbonyl (C=O) groups excluding carboxylic acids is 1. The van der Waals surface area contributed by atoms with Crippen LogP contribution in [-0.4, -0.2) is 42.0 Å². The molecule has 3 aromatic rings. The predicted octanol–water partition coefficient (Wildman–Crippen LogP) is 3.99. The standard InChI is InChI=1S/C19H17BrF2N4OS/c20-12-2-1-3-15-17(12)24-19(28-15)25-18(27)16-13(21)8-11(9-14(16)22)10-26-6-4-23-5-7-26/h1-3,8-9,23H,4-7,10H2,(H,24,25,27). The van der Waals surface area contributed by atoms with E-state index in [1.807, 2.05) is 18.2 Å². The smallest absolute Gasteiger partial charge is 0.263 e. The zero-order chi connectivity index (χ0) is 19.7. The van der Waals surface area contributed by atoms with Crippen molar-refractivity contribution >= 4 is 48.5 Å². The summed E-state index contributed by atoms with van der Waals surface area (Å²) in [5.41, 5.74) is 0.606. The maximum absolute atomic E-state index is 14.5. The van der Waals surface area contributed by atoms with E-state index in [2.05, 4.69) is 36.4 Å². The van der Waals surface area contributed by atoms with Gasteiger partial charge in [-0.1, -0.05) is 17.4 Å². The van der Waals surface area contributed by atoms with Crippen LogP contribution in [0.4, 0.5) is 13.9 Å². The van der Waals surface area contributed by atoms with Crippen molar-refractivity contribution in [1.29, 1.82) is 0 Å². The molecule has 9 heteroatoms. The molecule has 0 unspecified atom stereocenters. The number of nitrogens with one attached hydrogen (secondary N) is 2. The van der Waals surface area contributed by atoms with Gasteiger partial charge >= 0.3 is 0 Å². The molecule has 0 aliphatic carbocycles. The molecule has 2 heterocycles. The molecule has 0 atom stereocenters. The number of fused-ring (bicyclic) bond motifs is 1. The molecule has 4 rings (SSSR count). The molecule has 1 saturated heterocycles. The van der Waals surface area contributed by atoms with Crippen molar-refractivity contribution in [2.75, 3.05) is 31.5 Å². The van der Waals surface area contributed by atoms with Crippen molar-refractivity contribution in [2.24, 2.45) is 0 Å². The molecule has 0 spiro atoms. The summed E-state index contributed by atoms with van der Waals surface area (Å²) >= 11 is 4.64. The van der Waals surface area contributed by atoms with Crippen molar-refractivity contribution in [1.82, 2.24) is 15.2 Å². The summed E-state index contributed by atoms with van der Waals surface area (Å²) in [5, 5.41) is 6.03. The average Bonchev–Trinajstić information content (AvgIpc) is 3.06. The van der Waals surface area contributed by atoms with Crippen LogP contribution in [0.15, 0.2) is 34.8 Å². The largest absolute Gasteiger partial charge is 0.314 e. The lowest BCUT2D eigenvalue weighted by molar-refractivity contribution is 0.101. The van der Waals surface area contributed by atoms with Gasteiger partial charge in [-0.3, -0.25) is 15.0 Å². The lowest BCUT2D eigenvalue weighted by atomic mass is 10.1. The number of nitrogens with zero attached hydrogens (tertiary/aromatic N) is 2. The quantitative estimate of drug-likeness (QED) is 0.610. The molecule has 2 N–H and O–H groups in total. The van der Waals surface area contributed by atoms with E-state index in [4.69, 9.17) is 0 Å². The van der Waals surface area contributed by atoms with Crippen LogP contribution in [0, 0.1) is 11.6 Å². The molecule has 1 amide bonds. The maximum atomic E-state index is 14.5. The Morgan fingerprint density at radius 1 is 1.25 bits per heavy atom. The second kappa shape index (κ2) is 8.20. The van der Waals surface area contributed by atoms with E-state index in [0.717, 1.165) is 35.4 Å². The molecular formula is C19H17BrF2N4OS. The van der Waals surface area contributed by atoms with Gasteiger partial charge in [0.15, 0.2) is 5.13 Å². The second-order valence-electron chi connectivity index (χ2n) is 6.52. The summed E-state index contributed by atoms with van der Waals surface area (Å²) in [4.78, 5) is 18.9. The van der Waals surface area contributed by atoms with E-state index in [1.165, 1.54) is 23.5 Å². The number of rotatable bonds is 4. The van der Waals surface area contributed by atoms with Gasteiger partial charge in [0, 0.05) is 37.2 Å². The Bertz CT molecular complexity index is 1010. The van der Waals surface area contributed by atoms with Gasteiger partial charge in [0.25, 0.3) is 5.91 Å². The Hall–Kier alpha value is -1.94. The lowest BCUT2D eigenvalue weighted by Gasteiger charge is -2.27. The Morgan fingerprint density at radius 3 is 2.64 bits per heavy atom. The van der Waals surface area contributed by atoms with Crippen LogP contribution in [-0.2, 0) is 6.54 Å². The third-order valence-electron chi connectivity index (χ3n) is 4.53. The summed E-state index contributed by atoms with van der Waals surface area (Å²) in [7, 11) is 0. The fourth-order valence-corrected chi connectivity index (χ4v) is 4.66. The molecular weight excluding hydrogens is 450 g/mol. The fraction of sp³-hybridized carbons (Fsp3) is 0.263. The Kier molecular flexibility index (Phi) is 5.68. The minimum absolute atomic E-state index is 0.288. The van der Waals surface area contributed by atoms with Gasteiger partial charge in [-0.2, -0.15) is 0 Å². The number of hydrogen-bond acceptors (Lipinski definition) is 5. The maximum Gasteiger partial charge on any atom is 0.263 e. The molecule has 0 radical (unpaired) electrons. The minimum atomic E-state index is -0.870. The van der Waals surface area contributed by atoms with E-state index in [0.29, 0.717) is 17.6 Å². The van der Waals surface area contributed by atoms with Gasteiger partial charge in [-0.25, -0.2) is 13.8 Å². The SMILES string of the molecule is O=C(Nc1nc2c(Br)cccc2s1)c1c(F)cc(CN2CCNCC2)cc1F. The van der Waals surface area contributed by atoms with Crippen molar-refractivity contribution in [3.05, 3.63) is 57.6 Å². The molecule has 1 aliphatic rings. The zero-order valence-electron chi connectivity index (χ0n) is 14.8. The molecule has 5 nitrogen and oxygen atoms in total. The van der Waals surface area contributed by atoms with Crippen LogP contribution in [0.3, 0.4) is 0 Å². The monoisotopic (exact) mass is 466 g/mol. The normalized spacial score (nSPS) is 15.1. The molecule has 146 valence electrons. The number of halogens is 3. The van der Waals surface area contributed by atoms with E-state index < -0.39 is 23.1 Å². The number of thiazole rings is 1. The molecule has 0 bridgehead atoms. The number of amides is 1. The van der Waals surface area contributed by atoms with Crippen molar-refractivity contribution in [3.63, 3.8) is 0 Å². The minimum Gasteiger partial charge on any atom is -0.314 e. The van der Waals surface area contributed by atoms with E-state index in [9.17, 15) is 13.6 Å². The van der Waals surface area contributed by atoms with Crippen LogP contribution >= 0.6 is 27.3 Å². The summed E-state index contributed by atoms with van der Waals surface area (Å²) in [6, 6.07) is 8.01. The van der Waals surface area contributed by atoms with Gasteiger partial charge < -0.3 is 5.32 Å². The highest BCUT2D eigenvalue weighted by atomic mass is 79.9. The molecule has 28 heavy (non-hydrogen) atoms. The average molecular weight is 467 g/mol. The van der Waals surface area contributed by atoms with E-state index in [1.54, 1.807) is 0 Å². The molecule has 2 aromatic carbocycles. The van der Waals surface area contributed by atoms with Gasteiger partial charge in [0.05, 0.1) is 10.2 Å². The topological polar surface area (TPSA) is 57.3 Å². The highest BCUT2D eigenvalue weighted by Gasteiger charge is 2.21. The molecule has 1 aromatic heterocycles. The number of carbonyl (C=O) groups is 1. The number of anilines is 1. The number of para-hydroxylation sites is 1. The van der Waals surface area contributed by atoms with E-state index >= 15 is 0 Å².